The van der Waals surface area contributed by atoms with Crippen LogP contribution in [0.4, 0.5) is 0 Å². The third-order valence-electron chi connectivity index (χ3n) is 3.53. The summed E-state index contributed by atoms with van der Waals surface area (Å²) in [6.07, 6.45) is 0.325. The number of benzene rings is 1. The lowest BCUT2D eigenvalue weighted by Crippen LogP contribution is -2.31. The standard InChI is InChI=1S/C13H14O7S/c1-13(2)4-7-6(11(14)15)3-9(21(18,19)20)8(5-13)10(7)12(16)17/h3H,4-5H2,1-2H3,(H,14,15)(H,16,17)(H,18,19,20). The fraction of sp³-hybridized carbons (Fsp3) is 0.385. The number of rotatable bonds is 3. The van der Waals surface area contributed by atoms with E-state index in [1.54, 1.807) is 13.8 Å². The molecule has 114 valence electrons. The normalized spacial score (nSPS) is 16.5. The van der Waals surface area contributed by atoms with Crippen molar-refractivity contribution in [3.05, 3.63) is 28.3 Å². The summed E-state index contributed by atoms with van der Waals surface area (Å²) in [6.45, 7) is 3.55. The zero-order valence-electron chi connectivity index (χ0n) is 11.4. The Morgan fingerprint density at radius 2 is 1.62 bits per heavy atom. The fourth-order valence-electron chi connectivity index (χ4n) is 2.80. The number of fused-ring (bicyclic) bond motifs is 2. The number of hydrogen-bond donors (Lipinski definition) is 3. The molecule has 0 fully saturated rings. The van der Waals surface area contributed by atoms with E-state index in [-0.39, 0.29) is 29.5 Å². The van der Waals surface area contributed by atoms with Crippen LogP contribution in [0.1, 0.15) is 45.7 Å². The molecule has 1 aliphatic rings. The van der Waals surface area contributed by atoms with Crippen molar-refractivity contribution in [2.24, 2.45) is 5.41 Å². The number of carboxylic acid groups (broad SMARTS) is 2. The first kappa shape index (κ1) is 15.5. The molecule has 0 heterocycles. The van der Waals surface area contributed by atoms with E-state index in [4.69, 9.17) is 0 Å². The minimum absolute atomic E-state index is 0.0405. The molecule has 1 aromatic rings. The highest BCUT2D eigenvalue weighted by atomic mass is 32.2. The molecule has 0 aromatic heterocycles. The second-order valence-electron chi connectivity index (χ2n) is 5.86. The van der Waals surface area contributed by atoms with Crippen LogP contribution >= 0.6 is 0 Å². The van der Waals surface area contributed by atoms with Gasteiger partial charge in [-0.05, 0) is 35.4 Å². The summed E-state index contributed by atoms with van der Waals surface area (Å²) in [5.41, 5.74) is -1.19. The Hall–Kier alpha value is -1.93. The Labute approximate surface area is 121 Å². The summed E-state index contributed by atoms with van der Waals surface area (Å²) in [6, 6.07) is 0.837. The summed E-state index contributed by atoms with van der Waals surface area (Å²) in [5.74, 6) is -2.83. The molecule has 1 aromatic carbocycles. The molecule has 0 amide bonds. The first-order valence-electron chi connectivity index (χ1n) is 6.07. The molecule has 21 heavy (non-hydrogen) atoms. The average Bonchev–Trinajstić information content (AvgIpc) is 2.23. The number of hydrogen-bond acceptors (Lipinski definition) is 4. The van der Waals surface area contributed by atoms with Gasteiger partial charge < -0.3 is 10.2 Å². The van der Waals surface area contributed by atoms with Crippen molar-refractivity contribution in [2.45, 2.75) is 31.6 Å². The van der Waals surface area contributed by atoms with Crippen molar-refractivity contribution in [3.63, 3.8) is 0 Å². The minimum atomic E-state index is -4.72. The maximum atomic E-state index is 11.5. The van der Waals surface area contributed by atoms with Crippen LogP contribution in [0.3, 0.4) is 0 Å². The van der Waals surface area contributed by atoms with Crippen LogP contribution in [0.15, 0.2) is 11.0 Å². The van der Waals surface area contributed by atoms with Gasteiger partial charge in [0.1, 0.15) is 0 Å². The van der Waals surface area contributed by atoms with Crippen molar-refractivity contribution < 1.29 is 32.8 Å². The summed E-state index contributed by atoms with van der Waals surface area (Å²) >= 11 is 0. The zero-order valence-corrected chi connectivity index (χ0v) is 12.2. The van der Waals surface area contributed by atoms with E-state index < -0.39 is 37.9 Å². The second-order valence-corrected chi connectivity index (χ2v) is 7.25. The molecule has 0 saturated carbocycles. The van der Waals surface area contributed by atoms with Gasteiger partial charge in [-0.2, -0.15) is 8.42 Å². The maximum Gasteiger partial charge on any atom is 0.336 e. The van der Waals surface area contributed by atoms with Gasteiger partial charge in [0.05, 0.1) is 16.0 Å². The molecule has 0 radical (unpaired) electrons. The number of carbonyl (C=O) groups is 2. The van der Waals surface area contributed by atoms with Crippen molar-refractivity contribution in [1.82, 2.24) is 0 Å². The monoisotopic (exact) mass is 314 g/mol. The molecule has 7 nitrogen and oxygen atoms in total. The highest BCUT2D eigenvalue weighted by molar-refractivity contribution is 7.85. The van der Waals surface area contributed by atoms with Gasteiger partial charge in [0, 0.05) is 0 Å². The highest BCUT2D eigenvalue weighted by Gasteiger charge is 2.38. The predicted octanol–water partition coefficient (Wildman–Crippen LogP) is 1.45. The lowest BCUT2D eigenvalue weighted by atomic mass is 9.71. The number of carboxylic acids is 2. The van der Waals surface area contributed by atoms with Crippen molar-refractivity contribution >= 4 is 22.1 Å². The second kappa shape index (κ2) is 4.54. The molecule has 3 N–H and O–H groups in total. The molecule has 8 heteroatoms. The van der Waals surface area contributed by atoms with Crippen LogP contribution in [0.5, 0.6) is 0 Å². The smallest absolute Gasteiger partial charge is 0.336 e. The zero-order chi connectivity index (χ0) is 16.2. The van der Waals surface area contributed by atoms with E-state index in [9.17, 15) is 32.8 Å². The molecule has 0 unspecified atom stereocenters. The third kappa shape index (κ3) is 2.64. The van der Waals surface area contributed by atoms with Gasteiger partial charge in [-0.15, -0.1) is 0 Å². The van der Waals surface area contributed by atoms with E-state index in [1.807, 2.05) is 0 Å². The molecular formula is C13H14O7S. The van der Waals surface area contributed by atoms with Crippen molar-refractivity contribution in [1.29, 1.82) is 0 Å². The Balaban J connectivity index is 2.98. The van der Waals surface area contributed by atoms with Crippen LogP contribution in [-0.2, 0) is 23.0 Å². The van der Waals surface area contributed by atoms with Crippen LogP contribution < -0.4 is 0 Å². The first-order chi connectivity index (χ1) is 9.44. The SMILES string of the molecule is CC1(C)Cc2c(C(=O)O)cc(S(=O)(=O)O)c(c2C(=O)O)C1. The van der Waals surface area contributed by atoms with Gasteiger partial charge in [-0.3, -0.25) is 4.55 Å². The number of aromatic carboxylic acids is 2. The summed E-state index contributed by atoms with van der Waals surface area (Å²) in [4.78, 5) is 22.1. The van der Waals surface area contributed by atoms with Gasteiger partial charge in [-0.25, -0.2) is 9.59 Å². The Morgan fingerprint density at radius 1 is 1.10 bits per heavy atom. The van der Waals surface area contributed by atoms with Crippen molar-refractivity contribution in [2.75, 3.05) is 0 Å². The van der Waals surface area contributed by atoms with Crippen LogP contribution in [0, 0.1) is 5.41 Å². The lowest BCUT2D eigenvalue weighted by Gasteiger charge is -2.33. The third-order valence-corrected chi connectivity index (χ3v) is 4.45. The summed E-state index contributed by atoms with van der Waals surface area (Å²) in [5, 5.41) is 18.5. The Kier molecular flexibility index (Phi) is 3.34. The van der Waals surface area contributed by atoms with E-state index in [1.165, 1.54) is 0 Å². The fourth-order valence-corrected chi connectivity index (χ4v) is 3.56. The largest absolute Gasteiger partial charge is 0.478 e. The van der Waals surface area contributed by atoms with Gasteiger partial charge >= 0.3 is 11.9 Å². The maximum absolute atomic E-state index is 11.5. The lowest BCUT2D eigenvalue weighted by molar-refractivity contribution is 0.0689. The quantitative estimate of drug-likeness (QED) is 0.720. The molecule has 2 rings (SSSR count). The summed E-state index contributed by atoms with van der Waals surface area (Å²) in [7, 11) is -4.72. The van der Waals surface area contributed by atoms with E-state index in [0.717, 1.165) is 6.07 Å². The molecular weight excluding hydrogens is 300 g/mol. The molecule has 0 spiro atoms. The van der Waals surface area contributed by atoms with Crippen LogP contribution in [-0.4, -0.2) is 35.1 Å². The van der Waals surface area contributed by atoms with Gasteiger partial charge in [0.25, 0.3) is 10.1 Å². The summed E-state index contributed by atoms with van der Waals surface area (Å²) < 4.78 is 32.2. The first-order valence-corrected chi connectivity index (χ1v) is 7.51. The minimum Gasteiger partial charge on any atom is -0.478 e. The Bertz CT molecular complexity index is 759. The van der Waals surface area contributed by atoms with E-state index in [0.29, 0.717) is 0 Å². The Morgan fingerprint density at radius 3 is 2.05 bits per heavy atom. The van der Waals surface area contributed by atoms with Crippen LogP contribution in [0.25, 0.3) is 0 Å². The van der Waals surface area contributed by atoms with E-state index in [2.05, 4.69) is 0 Å². The molecule has 1 aliphatic carbocycles. The highest BCUT2D eigenvalue weighted by Crippen LogP contribution is 2.41. The molecule has 0 saturated heterocycles. The molecule has 2 bridgehead atoms. The average molecular weight is 314 g/mol. The van der Waals surface area contributed by atoms with Gasteiger partial charge in [-0.1, -0.05) is 13.8 Å². The van der Waals surface area contributed by atoms with Gasteiger partial charge in [0.2, 0.25) is 0 Å². The van der Waals surface area contributed by atoms with Gasteiger partial charge in [0.15, 0.2) is 0 Å². The van der Waals surface area contributed by atoms with E-state index >= 15 is 0 Å². The topological polar surface area (TPSA) is 129 Å². The molecule has 0 atom stereocenters. The predicted molar refractivity (Wildman–Crippen MR) is 71.4 cm³/mol. The van der Waals surface area contributed by atoms with Crippen molar-refractivity contribution in [3.8, 4) is 0 Å². The van der Waals surface area contributed by atoms with Crippen LogP contribution in [0.2, 0.25) is 0 Å². The molecule has 0 aliphatic heterocycles.